The van der Waals surface area contributed by atoms with Gasteiger partial charge in [0.15, 0.2) is 16.6 Å². The van der Waals surface area contributed by atoms with Crippen LogP contribution in [0, 0.1) is 19.8 Å². The van der Waals surface area contributed by atoms with Crippen molar-refractivity contribution in [3.05, 3.63) is 53.1 Å². The molecule has 0 bridgehead atoms. The Morgan fingerprint density at radius 1 is 0.962 bits per heavy atom. The van der Waals surface area contributed by atoms with Crippen molar-refractivity contribution < 1.29 is 9.47 Å². The van der Waals surface area contributed by atoms with Crippen LogP contribution in [0.3, 0.4) is 0 Å². The Hall–Kier alpha value is -2.27. The first kappa shape index (κ1) is 20.0. The average Bonchev–Trinajstić information content (AvgIpc) is 2.60. The van der Waals surface area contributed by atoms with Crippen LogP contribution in [0.2, 0.25) is 0 Å². The SMILES string of the molecule is COc1ccc(NC(=S)N[C@@H](c2ccc(C)cc2C)C(C)C)cc1OC. The van der Waals surface area contributed by atoms with E-state index in [2.05, 4.69) is 56.5 Å². The largest absolute Gasteiger partial charge is 0.493 e. The van der Waals surface area contributed by atoms with Gasteiger partial charge >= 0.3 is 0 Å². The molecule has 0 aliphatic carbocycles. The highest BCUT2D eigenvalue weighted by Crippen LogP contribution is 2.30. The topological polar surface area (TPSA) is 42.5 Å². The molecule has 0 aliphatic heterocycles. The molecule has 4 nitrogen and oxygen atoms in total. The highest BCUT2D eigenvalue weighted by atomic mass is 32.1. The molecule has 140 valence electrons. The van der Waals surface area contributed by atoms with E-state index in [9.17, 15) is 0 Å². The summed E-state index contributed by atoms with van der Waals surface area (Å²) in [6.07, 6.45) is 0. The van der Waals surface area contributed by atoms with Gasteiger partial charge in [-0.15, -0.1) is 0 Å². The number of hydrogen-bond donors (Lipinski definition) is 2. The number of hydrogen-bond acceptors (Lipinski definition) is 3. The van der Waals surface area contributed by atoms with Gasteiger partial charge in [0.05, 0.1) is 20.3 Å². The Kier molecular flexibility index (Phi) is 6.86. The zero-order valence-electron chi connectivity index (χ0n) is 16.3. The number of thiocarbonyl (C=S) groups is 1. The number of rotatable bonds is 6. The smallest absolute Gasteiger partial charge is 0.171 e. The Balaban J connectivity index is 2.15. The summed E-state index contributed by atoms with van der Waals surface area (Å²) in [7, 11) is 3.24. The van der Waals surface area contributed by atoms with Gasteiger partial charge in [-0.3, -0.25) is 0 Å². The Morgan fingerprint density at radius 3 is 2.23 bits per heavy atom. The van der Waals surface area contributed by atoms with Crippen molar-refractivity contribution in [1.82, 2.24) is 5.32 Å². The number of methoxy groups -OCH3 is 2. The summed E-state index contributed by atoms with van der Waals surface area (Å²) in [4.78, 5) is 0. The van der Waals surface area contributed by atoms with Gasteiger partial charge in [0.1, 0.15) is 0 Å². The predicted molar refractivity (Wildman–Crippen MR) is 112 cm³/mol. The van der Waals surface area contributed by atoms with E-state index in [0.717, 1.165) is 5.69 Å². The lowest BCUT2D eigenvalue weighted by atomic mass is 9.92. The minimum absolute atomic E-state index is 0.135. The molecule has 0 saturated heterocycles. The third-order valence-corrected chi connectivity index (χ3v) is 4.57. The van der Waals surface area contributed by atoms with Crippen LogP contribution < -0.4 is 20.1 Å². The molecule has 5 heteroatoms. The van der Waals surface area contributed by atoms with Crippen LogP contribution in [0.4, 0.5) is 5.69 Å². The van der Waals surface area contributed by atoms with Crippen molar-refractivity contribution in [3.63, 3.8) is 0 Å². The zero-order valence-corrected chi connectivity index (χ0v) is 17.2. The average molecular weight is 373 g/mol. The molecule has 2 aromatic rings. The van der Waals surface area contributed by atoms with Crippen molar-refractivity contribution in [2.75, 3.05) is 19.5 Å². The second-order valence-corrected chi connectivity index (χ2v) is 7.16. The molecule has 26 heavy (non-hydrogen) atoms. The number of ether oxygens (including phenoxy) is 2. The van der Waals surface area contributed by atoms with Crippen molar-refractivity contribution in [3.8, 4) is 11.5 Å². The summed E-state index contributed by atoms with van der Waals surface area (Å²) >= 11 is 5.55. The molecule has 1 atom stereocenters. The fraction of sp³-hybridized carbons (Fsp3) is 0.381. The lowest BCUT2D eigenvalue weighted by Gasteiger charge is -2.26. The molecule has 0 saturated carbocycles. The molecule has 0 heterocycles. The maximum absolute atomic E-state index is 5.55. The third kappa shape index (κ3) is 4.88. The Labute approximate surface area is 161 Å². The summed E-state index contributed by atoms with van der Waals surface area (Å²) < 4.78 is 10.6. The maximum Gasteiger partial charge on any atom is 0.171 e. The second kappa shape index (κ2) is 8.90. The molecule has 0 amide bonds. The van der Waals surface area contributed by atoms with Gasteiger partial charge in [0, 0.05) is 11.8 Å². The quantitative estimate of drug-likeness (QED) is 0.698. The molecule has 2 aromatic carbocycles. The van der Waals surface area contributed by atoms with Gasteiger partial charge in [0.2, 0.25) is 0 Å². The van der Waals surface area contributed by atoms with Crippen LogP contribution in [0.5, 0.6) is 11.5 Å². The van der Waals surface area contributed by atoms with Gasteiger partial charge in [-0.05, 0) is 55.2 Å². The van der Waals surface area contributed by atoms with Crippen molar-refractivity contribution >= 4 is 23.0 Å². The summed E-state index contributed by atoms with van der Waals surface area (Å²) in [5.74, 6) is 1.74. The first-order valence-corrected chi connectivity index (χ1v) is 9.13. The van der Waals surface area contributed by atoms with E-state index in [-0.39, 0.29) is 6.04 Å². The maximum atomic E-state index is 5.55. The van der Waals surface area contributed by atoms with Crippen LogP contribution >= 0.6 is 12.2 Å². The molecular weight excluding hydrogens is 344 g/mol. The van der Waals surface area contributed by atoms with Crippen LogP contribution in [0.15, 0.2) is 36.4 Å². The van der Waals surface area contributed by atoms with Crippen LogP contribution in [0.1, 0.15) is 36.6 Å². The number of anilines is 1. The van der Waals surface area contributed by atoms with E-state index >= 15 is 0 Å². The fourth-order valence-electron chi connectivity index (χ4n) is 3.00. The van der Waals surface area contributed by atoms with Crippen molar-refractivity contribution in [1.29, 1.82) is 0 Å². The molecule has 2 N–H and O–H groups in total. The van der Waals surface area contributed by atoms with Gasteiger partial charge in [-0.25, -0.2) is 0 Å². The van der Waals surface area contributed by atoms with Gasteiger partial charge in [-0.2, -0.15) is 0 Å². The summed E-state index contributed by atoms with van der Waals surface area (Å²) in [5.41, 5.74) is 4.65. The monoisotopic (exact) mass is 372 g/mol. The Bertz CT molecular complexity index is 775. The lowest BCUT2D eigenvalue weighted by Crippen LogP contribution is -2.35. The van der Waals surface area contributed by atoms with E-state index in [1.807, 2.05) is 18.2 Å². The number of benzene rings is 2. The molecule has 0 spiro atoms. The minimum Gasteiger partial charge on any atom is -0.493 e. The summed E-state index contributed by atoms with van der Waals surface area (Å²) in [6.45, 7) is 8.63. The van der Waals surface area contributed by atoms with E-state index < -0.39 is 0 Å². The molecule has 0 aromatic heterocycles. The molecule has 2 rings (SSSR count). The standard InChI is InChI=1S/C21H28N2O2S/c1-13(2)20(17-9-7-14(3)11-15(17)4)23-21(26)22-16-8-10-18(24-5)19(12-16)25-6/h7-13,20H,1-6H3,(H2,22,23,26)/t20-/m1/s1. The molecule has 0 unspecified atom stereocenters. The van der Waals surface area contributed by atoms with E-state index in [1.165, 1.54) is 16.7 Å². The third-order valence-electron chi connectivity index (χ3n) is 4.36. The minimum atomic E-state index is 0.135. The summed E-state index contributed by atoms with van der Waals surface area (Å²) in [5, 5.41) is 7.27. The first-order chi connectivity index (χ1) is 12.3. The fourth-order valence-corrected chi connectivity index (χ4v) is 3.25. The predicted octanol–water partition coefficient (Wildman–Crippen LogP) is 5.00. The number of nitrogens with one attached hydrogen (secondary N) is 2. The van der Waals surface area contributed by atoms with Crippen molar-refractivity contribution in [2.24, 2.45) is 5.92 Å². The zero-order chi connectivity index (χ0) is 19.3. The lowest BCUT2D eigenvalue weighted by molar-refractivity contribution is 0.355. The van der Waals surface area contributed by atoms with Crippen LogP contribution in [0.25, 0.3) is 0 Å². The second-order valence-electron chi connectivity index (χ2n) is 6.75. The van der Waals surface area contributed by atoms with E-state index in [1.54, 1.807) is 14.2 Å². The van der Waals surface area contributed by atoms with Gasteiger partial charge < -0.3 is 20.1 Å². The highest BCUT2D eigenvalue weighted by molar-refractivity contribution is 7.80. The van der Waals surface area contributed by atoms with E-state index in [4.69, 9.17) is 21.7 Å². The van der Waals surface area contributed by atoms with Crippen LogP contribution in [-0.2, 0) is 0 Å². The highest BCUT2D eigenvalue weighted by Gasteiger charge is 2.19. The molecule has 0 aliphatic rings. The van der Waals surface area contributed by atoms with Gasteiger partial charge in [0.25, 0.3) is 0 Å². The van der Waals surface area contributed by atoms with E-state index in [0.29, 0.717) is 22.5 Å². The van der Waals surface area contributed by atoms with Crippen molar-refractivity contribution in [2.45, 2.75) is 33.7 Å². The molecule has 0 radical (unpaired) electrons. The van der Waals surface area contributed by atoms with Crippen LogP contribution in [-0.4, -0.2) is 19.3 Å². The molecule has 0 fully saturated rings. The molecular formula is C21H28N2O2S. The first-order valence-electron chi connectivity index (χ1n) is 8.72. The number of aryl methyl sites for hydroxylation is 2. The van der Waals surface area contributed by atoms with Gasteiger partial charge in [-0.1, -0.05) is 37.6 Å². The normalized spacial score (nSPS) is 11.8. The Morgan fingerprint density at radius 2 is 1.65 bits per heavy atom. The summed E-state index contributed by atoms with van der Waals surface area (Å²) in [6, 6.07) is 12.3.